The molecule has 1 saturated carbocycles. The van der Waals surface area contributed by atoms with Gasteiger partial charge in [-0.3, -0.25) is 0 Å². The van der Waals surface area contributed by atoms with Gasteiger partial charge in [-0.25, -0.2) is 9.59 Å². The Kier molecular flexibility index (Phi) is 3.55. The lowest BCUT2D eigenvalue weighted by Crippen LogP contribution is -2.53. The molecular weight excluding hydrogens is 198 g/mol. The summed E-state index contributed by atoms with van der Waals surface area (Å²) in [7, 11) is 0. The van der Waals surface area contributed by atoms with E-state index in [-0.39, 0.29) is 6.10 Å². The number of carbonyl (C=O) groups excluding carboxylic acids is 1. The van der Waals surface area contributed by atoms with Crippen molar-refractivity contribution < 1.29 is 19.4 Å². The second-order valence-electron chi connectivity index (χ2n) is 4.17. The van der Waals surface area contributed by atoms with Gasteiger partial charge in [0.1, 0.15) is 5.54 Å². The molecule has 2 N–H and O–H groups in total. The molecule has 0 aromatic rings. The van der Waals surface area contributed by atoms with Crippen molar-refractivity contribution in [3.05, 3.63) is 0 Å². The molecule has 1 rings (SSSR count). The Balaban J connectivity index is 2.59. The van der Waals surface area contributed by atoms with Gasteiger partial charge in [0.05, 0.1) is 6.10 Å². The summed E-state index contributed by atoms with van der Waals surface area (Å²) < 4.78 is 4.87. The first-order valence-electron chi connectivity index (χ1n) is 5.18. The Morgan fingerprint density at radius 2 is 1.87 bits per heavy atom. The van der Waals surface area contributed by atoms with Crippen LogP contribution in [0.2, 0.25) is 0 Å². The largest absolute Gasteiger partial charge is 0.480 e. The Morgan fingerprint density at radius 3 is 2.27 bits per heavy atom. The number of nitrogens with one attached hydrogen (secondary N) is 1. The first kappa shape index (κ1) is 11.8. The number of aliphatic carboxylic acids is 1. The summed E-state index contributed by atoms with van der Waals surface area (Å²) in [6.45, 7) is 3.45. The average molecular weight is 215 g/mol. The number of carboxylic acids is 1. The molecule has 0 bridgehead atoms. The van der Waals surface area contributed by atoms with Gasteiger partial charge in [0, 0.05) is 0 Å². The van der Waals surface area contributed by atoms with E-state index in [0.29, 0.717) is 12.8 Å². The lowest BCUT2D eigenvalue weighted by Gasteiger charge is -2.25. The fraction of sp³-hybridized carbons (Fsp3) is 0.800. The van der Waals surface area contributed by atoms with Crippen molar-refractivity contribution in [2.75, 3.05) is 0 Å². The number of hydrogen-bond donors (Lipinski definition) is 2. The minimum Gasteiger partial charge on any atom is -0.480 e. The number of rotatable bonds is 3. The molecule has 0 heterocycles. The van der Waals surface area contributed by atoms with Crippen LogP contribution in [-0.4, -0.2) is 28.8 Å². The van der Waals surface area contributed by atoms with Gasteiger partial charge in [0.25, 0.3) is 0 Å². The fourth-order valence-electron chi connectivity index (χ4n) is 1.81. The van der Waals surface area contributed by atoms with E-state index >= 15 is 0 Å². The molecule has 1 aliphatic rings. The van der Waals surface area contributed by atoms with Crippen molar-refractivity contribution in [2.24, 2.45) is 0 Å². The van der Waals surface area contributed by atoms with Crippen LogP contribution in [0.5, 0.6) is 0 Å². The van der Waals surface area contributed by atoms with E-state index in [1.807, 2.05) is 0 Å². The van der Waals surface area contributed by atoms with Crippen molar-refractivity contribution in [1.29, 1.82) is 0 Å². The standard InChI is InChI=1S/C10H17NO4/c1-7(2)15-9(14)11-10(8(12)13)5-3-4-6-10/h7H,3-6H2,1-2H3,(H,11,14)(H,12,13). The Hall–Kier alpha value is -1.26. The van der Waals surface area contributed by atoms with Gasteiger partial charge in [-0.2, -0.15) is 0 Å². The Morgan fingerprint density at radius 1 is 1.33 bits per heavy atom. The van der Waals surface area contributed by atoms with Crippen LogP contribution in [0.3, 0.4) is 0 Å². The second kappa shape index (κ2) is 4.51. The number of hydrogen-bond acceptors (Lipinski definition) is 3. The summed E-state index contributed by atoms with van der Waals surface area (Å²) in [5.41, 5.74) is -1.11. The first-order valence-corrected chi connectivity index (χ1v) is 5.18. The van der Waals surface area contributed by atoms with Gasteiger partial charge in [0.15, 0.2) is 0 Å². The van der Waals surface area contributed by atoms with E-state index in [1.165, 1.54) is 0 Å². The number of ether oxygens (including phenoxy) is 1. The van der Waals surface area contributed by atoms with Crippen molar-refractivity contribution >= 4 is 12.1 Å². The van der Waals surface area contributed by atoms with E-state index in [9.17, 15) is 9.59 Å². The SMILES string of the molecule is CC(C)OC(=O)NC1(C(=O)O)CCCC1. The lowest BCUT2D eigenvalue weighted by atomic mass is 9.98. The molecule has 0 aromatic carbocycles. The van der Waals surface area contributed by atoms with Crippen LogP contribution >= 0.6 is 0 Å². The van der Waals surface area contributed by atoms with Crippen LogP contribution in [0.25, 0.3) is 0 Å². The smallest absolute Gasteiger partial charge is 0.408 e. The molecule has 86 valence electrons. The van der Waals surface area contributed by atoms with Crippen LogP contribution < -0.4 is 5.32 Å². The topological polar surface area (TPSA) is 75.6 Å². The zero-order valence-electron chi connectivity index (χ0n) is 9.08. The van der Waals surface area contributed by atoms with Crippen LogP contribution in [0.15, 0.2) is 0 Å². The highest BCUT2D eigenvalue weighted by Crippen LogP contribution is 2.29. The molecule has 0 radical (unpaired) electrons. The van der Waals surface area contributed by atoms with E-state index < -0.39 is 17.6 Å². The molecule has 1 aliphatic carbocycles. The van der Waals surface area contributed by atoms with Crippen LogP contribution in [-0.2, 0) is 9.53 Å². The summed E-state index contributed by atoms with van der Waals surface area (Å²) in [4.78, 5) is 22.4. The van der Waals surface area contributed by atoms with Gasteiger partial charge in [-0.05, 0) is 26.7 Å². The van der Waals surface area contributed by atoms with Crippen molar-refractivity contribution in [2.45, 2.75) is 51.2 Å². The van der Waals surface area contributed by atoms with Gasteiger partial charge < -0.3 is 15.2 Å². The molecule has 0 aromatic heterocycles. The molecule has 0 spiro atoms. The highest BCUT2D eigenvalue weighted by Gasteiger charge is 2.43. The molecule has 5 heteroatoms. The Bertz CT molecular complexity index is 256. The van der Waals surface area contributed by atoms with E-state index in [1.54, 1.807) is 13.8 Å². The third kappa shape index (κ3) is 2.84. The number of carbonyl (C=O) groups is 2. The maximum Gasteiger partial charge on any atom is 0.408 e. The predicted octanol–water partition coefficient (Wildman–Crippen LogP) is 1.52. The predicted molar refractivity (Wildman–Crippen MR) is 53.6 cm³/mol. The summed E-state index contributed by atoms with van der Waals surface area (Å²) in [5, 5.41) is 11.5. The molecule has 0 unspecified atom stereocenters. The molecular formula is C10H17NO4. The monoisotopic (exact) mass is 215 g/mol. The molecule has 0 atom stereocenters. The molecule has 1 fully saturated rings. The molecule has 0 aliphatic heterocycles. The highest BCUT2D eigenvalue weighted by atomic mass is 16.6. The van der Waals surface area contributed by atoms with E-state index in [2.05, 4.69) is 5.32 Å². The maximum absolute atomic E-state index is 11.3. The lowest BCUT2D eigenvalue weighted by molar-refractivity contribution is -0.144. The zero-order valence-corrected chi connectivity index (χ0v) is 9.08. The average Bonchev–Trinajstić information content (AvgIpc) is 2.52. The van der Waals surface area contributed by atoms with Gasteiger partial charge in [-0.1, -0.05) is 12.8 Å². The van der Waals surface area contributed by atoms with Crippen molar-refractivity contribution in [1.82, 2.24) is 5.32 Å². The number of alkyl carbamates (subject to hydrolysis) is 1. The summed E-state index contributed by atoms with van der Waals surface area (Å²) >= 11 is 0. The van der Waals surface area contributed by atoms with Gasteiger partial charge in [0.2, 0.25) is 0 Å². The molecule has 1 amide bonds. The van der Waals surface area contributed by atoms with E-state index in [0.717, 1.165) is 12.8 Å². The Labute approximate surface area is 88.8 Å². The zero-order chi connectivity index (χ0) is 11.5. The first-order chi connectivity index (χ1) is 6.96. The summed E-state index contributed by atoms with van der Waals surface area (Å²) in [6, 6.07) is 0. The molecule has 0 saturated heterocycles. The van der Waals surface area contributed by atoms with Crippen LogP contribution in [0.4, 0.5) is 4.79 Å². The van der Waals surface area contributed by atoms with Crippen molar-refractivity contribution in [3.63, 3.8) is 0 Å². The molecule has 5 nitrogen and oxygen atoms in total. The second-order valence-corrected chi connectivity index (χ2v) is 4.17. The fourth-order valence-corrected chi connectivity index (χ4v) is 1.81. The van der Waals surface area contributed by atoms with Gasteiger partial charge in [-0.15, -0.1) is 0 Å². The van der Waals surface area contributed by atoms with Gasteiger partial charge >= 0.3 is 12.1 Å². The summed E-state index contributed by atoms with van der Waals surface area (Å²) in [6.07, 6.45) is 1.74. The minimum absolute atomic E-state index is 0.239. The number of carboxylic acid groups (broad SMARTS) is 1. The molecule has 15 heavy (non-hydrogen) atoms. The van der Waals surface area contributed by atoms with Crippen LogP contribution in [0, 0.1) is 0 Å². The highest BCUT2D eigenvalue weighted by molar-refractivity contribution is 5.84. The van der Waals surface area contributed by atoms with E-state index in [4.69, 9.17) is 9.84 Å². The third-order valence-electron chi connectivity index (χ3n) is 2.55. The van der Waals surface area contributed by atoms with Crippen LogP contribution in [0.1, 0.15) is 39.5 Å². The minimum atomic E-state index is -1.11. The van der Waals surface area contributed by atoms with Crippen molar-refractivity contribution in [3.8, 4) is 0 Å². The normalized spacial score (nSPS) is 18.9. The quantitative estimate of drug-likeness (QED) is 0.748. The third-order valence-corrected chi connectivity index (χ3v) is 2.55. The maximum atomic E-state index is 11.3. The summed E-state index contributed by atoms with van der Waals surface area (Å²) in [5.74, 6) is -0.972. The number of amides is 1.